The molecule has 2 atom stereocenters. The van der Waals surface area contributed by atoms with Gasteiger partial charge in [0.15, 0.2) is 0 Å². The summed E-state index contributed by atoms with van der Waals surface area (Å²) in [5.74, 6) is -0.553. The summed E-state index contributed by atoms with van der Waals surface area (Å²) < 4.78 is 4.61. The number of hydrogen-bond donors (Lipinski definition) is 1. The molecule has 0 aliphatic rings. The smallest absolute Gasteiger partial charge is 0.329 e. The van der Waals surface area contributed by atoms with Crippen LogP contribution in [0.15, 0.2) is 0 Å². The topological polar surface area (TPSA) is 79.2 Å². The van der Waals surface area contributed by atoms with Gasteiger partial charge in [0.1, 0.15) is 6.04 Å². The fourth-order valence-electron chi connectivity index (χ4n) is 0.927. The Hall–Kier alpha value is -1.22. The van der Waals surface area contributed by atoms with Gasteiger partial charge in [-0.2, -0.15) is 5.26 Å². The highest BCUT2D eigenvalue weighted by molar-refractivity contribution is 8.00. The van der Waals surface area contributed by atoms with Gasteiger partial charge in [0, 0.05) is 11.7 Å². The van der Waals surface area contributed by atoms with E-state index in [1.807, 2.05) is 0 Å². The number of rotatable bonds is 6. The summed E-state index contributed by atoms with van der Waals surface area (Å²) in [6, 6.07) is 1.35. The van der Waals surface area contributed by atoms with E-state index in [4.69, 9.17) is 5.26 Å². The molecule has 0 aromatic heterocycles. The van der Waals surface area contributed by atoms with Crippen molar-refractivity contribution in [3.05, 3.63) is 0 Å². The average Bonchev–Trinajstić information content (AvgIpc) is 2.32. The van der Waals surface area contributed by atoms with Crippen molar-refractivity contribution < 1.29 is 14.3 Å². The van der Waals surface area contributed by atoms with Crippen LogP contribution in [-0.2, 0) is 14.3 Å². The number of nitrogens with one attached hydrogen (secondary N) is 1. The summed E-state index contributed by atoms with van der Waals surface area (Å²) >= 11 is 1.31. The number of esters is 1. The molecular formula is C11H18N2O3S. The molecule has 5 nitrogen and oxygen atoms in total. The van der Waals surface area contributed by atoms with Crippen molar-refractivity contribution in [1.29, 1.82) is 5.26 Å². The number of carbonyl (C=O) groups is 2. The molecular weight excluding hydrogens is 240 g/mol. The maximum absolute atomic E-state index is 11.5. The van der Waals surface area contributed by atoms with Crippen LogP contribution in [0.5, 0.6) is 0 Å². The molecule has 0 fully saturated rings. The Bertz CT molecular complexity index is 312. The highest BCUT2D eigenvalue weighted by Gasteiger charge is 2.23. The fraction of sp³-hybridized carbons (Fsp3) is 0.727. The zero-order valence-electron chi connectivity index (χ0n) is 10.5. The Balaban J connectivity index is 4.40. The highest BCUT2D eigenvalue weighted by atomic mass is 32.2. The quantitative estimate of drug-likeness (QED) is 0.717. The molecule has 1 N–H and O–H groups in total. The summed E-state index contributed by atoms with van der Waals surface area (Å²) in [5.41, 5.74) is 0. The van der Waals surface area contributed by atoms with Gasteiger partial charge < -0.3 is 10.1 Å². The normalized spacial score (nSPS) is 13.6. The number of hydrogen-bond acceptors (Lipinski definition) is 5. The molecule has 0 saturated carbocycles. The van der Waals surface area contributed by atoms with Gasteiger partial charge in [-0.3, -0.25) is 4.79 Å². The molecule has 0 radical (unpaired) electrons. The number of ether oxygens (including phenoxy) is 1. The summed E-state index contributed by atoms with van der Waals surface area (Å²) in [6.07, 6.45) is 0. The number of thioether (sulfide) groups is 1. The predicted octanol–water partition coefficient (Wildman–Crippen LogP) is 0.945. The monoisotopic (exact) mass is 258 g/mol. The minimum absolute atomic E-state index is 0.194. The first-order chi connectivity index (χ1) is 7.92. The van der Waals surface area contributed by atoms with E-state index in [2.05, 4.69) is 16.1 Å². The van der Waals surface area contributed by atoms with Gasteiger partial charge in [0.05, 0.1) is 18.4 Å². The van der Waals surface area contributed by atoms with Crippen LogP contribution >= 0.6 is 11.8 Å². The van der Waals surface area contributed by atoms with Gasteiger partial charge >= 0.3 is 5.97 Å². The van der Waals surface area contributed by atoms with E-state index in [1.54, 1.807) is 20.8 Å². The summed E-state index contributed by atoms with van der Waals surface area (Å²) in [6.45, 7) is 5.23. The molecule has 0 aromatic carbocycles. The molecule has 2 unspecified atom stereocenters. The van der Waals surface area contributed by atoms with E-state index in [1.165, 1.54) is 18.9 Å². The van der Waals surface area contributed by atoms with E-state index in [0.29, 0.717) is 5.75 Å². The molecule has 96 valence electrons. The molecule has 0 saturated heterocycles. The van der Waals surface area contributed by atoms with E-state index in [-0.39, 0.29) is 17.1 Å². The maximum Gasteiger partial charge on any atom is 0.329 e. The molecule has 6 heteroatoms. The molecule has 1 amide bonds. The fourth-order valence-corrected chi connectivity index (χ4v) is 1.70. The molecule has 0 aliphatic carbocycles. The number of nitriles is 1. The van der Waals surface area contributed by atoms with Crippen LogP contribution in [0, 0.1) is 17.2 Å². The zero-order chi connectivity index (χ0) is 13.4. The highest BCUT2D eigenvalue weighted by Crippen LogP contribution is 2.11. The van der Waals surface area contributed by atoms with Gasteiger partial charge in [0.25, 0.3) is 0 Å². The molecule has 0 bridgehead atoms. The lowest BCUT2D eigenvalue weighted by Crippen LogP contribution is -2.45. The molecule has 0 aliphatic heterocycles. The van der Waals surface area contributed by atoms with Crippen molar-refractivity contribution in [3.63, 3.8) is 0 Å². The second-order valence-corrected chi connectivity index (χ2v) is 5.22. The molecule has 0 spiro atoms. The van der Waals surface area contributed by atoms with Crippen LogP contribution in [0.4, 0.5) is 0 Å². The molecule has 0 heterocycles. The van der Waals surface area contributed by atoms with Crippen LogP contribution in [-0.4, -0.2) is 36.0 Å². The van der Waals surface area contributed by atoms with E-state index < -0.39 is 12.0 Å². The average molecular weight is 258 g/mol. The Morgan fingerprint density at radius 3 is 2.41 bits per heavy atom. The first kappa shape index (κ1) is 15.8. The van der Waals surface area contributed by atoms with Crippen molar-refractivity contribution >= 4 is 23.6 Å². The number of amides is 1. The van der Waals surface area contributed by atoms with Gasteiger partial charge in [-0.1, -0.05) is 13.8 Å². The second-order valence-electron chi connectivity index (χ2n) is 3.84. The standard InChI is InChI=1S/C11H18N2O3S/c1-7(2)10(14)13-9(11(15)16-4)6-17-8(3)5-12/h7-9H,6H2,1-4H3,(H,13,14). The Labute approximate surface area is 106 Å². The van der Waals surface area contributed by atoms with Gasteiger partial charge in [-0.05, 0) is 6.92 Å². The van der Waals surface area contributed by atoms with Crippen molar-refractivity contribution in [3.8, 4) is 6.07 Å². The third-order valence-electron chi connectivity index (χ3n) is 2.02. The van der Waals surface area contributed by atoms with Crippen LogP contribution in [0.25, 0.3) is 0 Å². The van der Waals surface area contributed by atoms with Crippen molar-refractivity contribution in [1.82, 2.24) is 5.32 Å². The van der Waals surface area contributed by atoms with E-state index in [9.17, 15) is 9.59 Å². The Kier molecular flexibility index (Phi) is 7.39. The molecule has 0 aromatic rings. The summed E-state index contributed by atoms with van der Waals surface area (Å²) in [4.78, 5) is 22.9. The van der Waals surface area contributed by atoms with Crippen molar-refractivity contribution in [2.75, 3.05) is 12.9 Å². The summed E-state index contributed by atoms with van der Waals surface area (Å²) in [5, 5.41) is 11.0. The zero-order valence-corrected chi connectivity index (χ0v) is 11.3. The first-order valence-corrected chi connectivity index (χ1v) is 6.36. The lowest BCUT2D eigenvalue weighted by molar-refractivity contribution is -0.144. The van der Waals surface area contributed by atoms with Gasteiger partial charge in [0.2, 0.25) is 5.91 Å². The number of methoxy groups -OCH3 is 1. The third kappa shape index (κ3) is 6.17. The minimum atomic E-state index is -0.698. The maximum atomic E-state index is 11.5. The first-order valence-electron chi connectivity index (χ1n) is 5.31. The summed E-state index contributed by atoms with van der Waals surface area (Å²) in [7, 11) is 1.27. The third-order valence-corrected chi connectivity index (χ3v) is 3.15. The van der Waals surface area contributed by atoms with E-state index >= 15 is 0 Å². The minimum Gasteiger partial charge on any atom is -0.467 e. The van der Waals surface area contributed by atoms with E-state index in [0.717, 1.165) is 0 Å². The Morgan fingerprint density at radius 2 is 2.00 bits per heavy atom. The van der Waals surface area contributed by atoms with Gasteiger partial charge in [-0.25, -0.2) is 4.79 Å². The predicted molar refractivity (Wildman–Crippen MR) is 66.3 cm³/mol. The number of nitrogens with zero attached hydrogens (tertiary/aromatic N) is 1. The Morgan fingerprint density at radius 1 is 1.41 bits per heavy atom. The van der Waals surface area contributed by atoms with Crippen LogP contribution < -0.4 is 5.32 Å². The number of carbonyl (C=O) groups excluding carboxylic acids is 2. The second kappa shape index (κ2) is 7.96. The lowest BCUT2D eigenvalue weighted by Gasteiger charge is -2.17. The largest absolute Gasteiger partial charge is 0.467 e. The molecule has 0 rings (SSSR count). The van der Waals surface area contributed by atoms with Crippen LogP contribution in [0.1, 0.15) is 20.8 Å². The van der Waals surface area contributed by atoms with Crippen LogP contribution in [0.3, 0.4) is 0 Å². The van der Waals surface area contributed by atoms with Crippen molar-refractivity contribution in [2.45, 2.75) is 32.1 Å². The lowest BCUT2D eigenvalue weighted by atomic mass is 10.2. The SMILES string of the molecule is COC(=O)C(CSC(C)C#N)NC(=O)C(C)C. The van der Waals surface area contributed by atoms with Crippen LogP contribution in [0.2, 0.25) is 0 Å². The van der Waals surface area contributed by atoms with Gasteiger partial charge in [-0.15, -0.1) is 11.8 Å². The molecule has 17 heavy (non-hydrogen) atoms. The van der Waals surface area contributed by atoms with Crippen molar-refractivity contribution in [2.24, 2.45) is 5.92 Å².